The third-order valence-electron chi connectivity index (χ3n) is 1.31. The van der Waals surface area contributed by atoms with Crippen LogP contribution < -0.4 is 0 Å². The zero-order valence-electron chi connectivity index (χ0n) is 5.62. The molecule has 0 aromatic heterocycles. The van der Waals surface area contributed by atoms with Gasteiger partial charge in [-0.3, -0.25) is 0 Å². The fraction of sp³-hybridized carbons (Fsp3) is 0.250. The van der Waals surface area contributed by atoms with Gasteiger partial charge in [0, 0.05) is 8.95 Å². The average molecular weight is 263 g/mol. The summed E-state index contributed by atoms with van der Waals surface area (Å²) in [5.74, 6) is 0. The summed E-state index contributed by atoms with van der Waals surface area (Å²) in [5, 5.41) is 0. The third-order valence-corrected chi connectivity index (χ3v) is 2.51. The zero-order valence-corrected chi connectivity index (χ0v) is 8.79. The normalized spacial score (nSPS) is 9.90. The molecular formula is C8H7Br2. The standard InChI is InChI=1S/C8H7Br2/c1-2-6-5-7(9)3-4-8(6)10/h3,5H,2H2,1H3. The summed E-state index contributed by atoms with van der Waals surface area (Å²) < 4.78 is 2.16. The van der Waals surface area contributed by atoms with Gasteiger partial charge in [-0.25, -0.2) is 0 Å². The molecule has 53 valence electrons. The largest absolute Gasteiger partial charge is 0.0613 e. The molecule has 0 saturated heterocycles. The van der Waals surface area contributed by atoms with Gasteiger partial charge in [0.25, 0.3) is 0 Å². The molecule has 0 aliphatic carbocycles. The molecule has 2 heteroatoms. The molecule has 0 spiro atoms. The van der Waals surface area contributed by atoms with Crippen molar-refractivity contribution in [2.75, 3.05) is 0 Å². The Balaban J connectivity index is 3.09. The van der Waals surface area contributed by atoms with Gasteiger partial charge in [0.2, 0.25) is 0 Å². The maximum absolute atomic E-state index is 3.41. The van der Waals surface area contributed by atoms with Crippen LogP contribution in [-0.2, 0) is 6.42 Å². The van der Waals surface area contributed by atoms with Crippen LogP contribution in [0.3, 0.4) is 0 Å². The molecule has 0 aliphatic rings. The first-order chi connectivity index (χ1) is 4.74. The van der Waals surface area contributed by atoms with Gasteiger partial charge in [-0.1, -0.05) is 22.9 Å². The van der Waals surface area contributed by atoms with Crippen LogP contribution in [0.2, 0.25) is 0 Å². The van der Waals surface area contributed by atoms with Crippen molar-refractivity contribution in [2.24, 2.45) is 0 Å². The number of benzene rings is 1. The van der Waals surface area contributed by atoms with Crippen LogP contribution in [-0.4, -0.2) is 0 Å². The lowest BCUT2D eigenvalue weighted by Gasteiger charge is -1.99. The van der Waals surface area contributed by atoms with Crippen LogP contribution in [0.15, 0.2) is 21.1 Å². The maximum atomic E-state index is 3.41. The van der Waals surface area contributed by atoms with E-state index in [9.17, 15) is 0 Å². The van der Waals surface area contributed by atoms with E-state index in [1.54, 1.807) is 0 Å². The molecule has 0 nitrogen and oxygen atoms in total. The Hall–Kier alpha value is 0.180. The Bertz CT molecular complexity index is 231. The number of aryl methyl sites for hydroxylation is 1. The monoisotopic (exact) mass is 261 g/mol. The first-order valence-corrected chi connectivity index (χ1v) is 4.68. The van der Waals surface area contributed by atoms with Crippen LogP contribution in [0.25, 0.3) is 0 Å². The van der Waals surface area contributed by atoms with Crippen molar-refractivity contribution in [3.63, 3.8) is 0 Å². The van der Waals surface area contributed by atoms with Crippen molar-refractivity contribution >= 4 is 31.9 Å². The molecule has 10 heavy (non-hydrogen) atoms. The second kappa shape index (κ2) is 3.54. The number of halogens is 2. The number of hydrogen-bond acceptors (Lipinski definition) is 0. The minimum absolute atomic E-state index is 1.04. The molecule has 0 saturated carbocycles. The van der Waals surface area contributed by atoms with E-state index in [-0.39, 0.29) is 0 Å². The Kier molecular flexibility index (Phi) is 2.93. The molecule has 1 aromatic carbocycles. The molecule has 1 rings (SSSR count). The predicted octanol–water partition coefficient (Wildman–Crippen LogP) is 3.57. The van der Waals surface area contributed by atoms with E-state index in [1.165, 1.54) is 5.56 Å². The first-order valence-electron chi connectivity index (χ1n) is 3.09. The van der Waals surface area contributed by atoms with Crippen molar-refractivity contribution in [3.8, 4) is 0 Å². The summed E-state index contributed by atoms with van der Waals surface area (Å²) in [4.78, 5) is 0. The highest BCUT2D eigenvalue weighted by Crippen LogP contribution is 2.20. The highest BCUT2D eigenvalue weighted by Gasteiger charge is 1.96. The zero-order chi connectivity index (χ0) is 7.56. The predicted molar refractivity (Wildman–Crippen MR) is 50.1 cm³/mol. The molecule has 0 unspecified atom stereocenters. The molecule has 0 amide bonds. The van der Waals surface area contributed by atoms with Crippen LogP contribution in [0.1, 0.15) is 12.5 Å². The molecule has 1 radical (unpaired) electrons. The van der Waals surface area contributed by atoms with Gasteiger partial charge < -0.3 is 0 Å². The fourth-order valence-electron chi connectivity index (χ4n) is 0.754. The van der Waals surface area contributed by atoms with Crippen LogP contribution in [0.4, 0.5) is 0 Å². The number of rotatable bonds is 1. The van der Waals surface area contributed by atoms with Gasteiger partial charge in [-0.2, -0.15) is 0 Å². The summed E-state index contributed by atoms with van der Waals surface area (Å²) in [7, 11) is 0. The molecular weight excluding hydrogens is 256 g/mol. The minimum atomic E-state index is 1.04. The van der Waals surface area contributed by atoms with Crippen molar-refractivity contribution in [3.05, 3.63) is 32.7 Å². The second-order valence-corrected chi connectivity index (χ2v) is 3.72. The summed E-state index contributed by atoms with van der Waals surface area (Å²) in [6.07, 6.45) is 1.04. The molecule has 0 N–H and O–H groups in total. The van der Waals surface area contributed by atoms with Crippen molar-refractivity contribution in [1.29, 1.82) is 0 Å². The van der Waals surface area contributed by atoms with Gasteiger partial charge in [0.1, 0.15) is 0 Å². The quantitative estimate of drug-likeness (QED) is 0.726. The smallest absolute Gasteiger partial charge is 0.0286 e. The summed E-state index contributed by atoms with van der Waals surface area (Å²) in [6, 6.07) is 7.09. The van der Waals surface area contributed by atoms with E-state index in [2.05, 4.69) is 50.9 Å². The lowest BCUT2D eigenvalue weighted by Crippen LogP contribution is -1.81. The molecule has 0 atom stereocenters. The van der Waals surface area contributed by atoms with E-state index < -0.39 is 0 Å². The van der Waals surface area contributed by atoms with E-state index >= 15 is 0 Å². The lowest BCUT2D eigenvalue weighted by molar-refractivity contribution is 1.12. The Morgan fingerprint density at radius 3 is 2.70 bits per heavy atom. The first kappa shape index (κ1) is 8.28. The van der Waals surface area contributed by atoms with Crippen LogP contribution in [0, 0.1) is 6.07 Å². The van der Waals surface area contributed by atoms with E-state index in [4.69, 9.17) is 0 Å². The average Bonchev–Trinajstić information content (AvgIpc) is 1.94. The lowest BCUT2D eigenvalue weighted by atomic mass is 10.2. The van der Waals surface area contributed by atoms with E-state index in [0.29, 0.717) is 0 Å². The highest BCUT2D eigenvalue weighted by atomic mass is 79.9. The Labute approximate surface area is 77.9 Å². The summed E-state index contributed by atoms with van der Waals surface area (Å²) >= 11 is 6.80. The number of hydrogen-bond donors (Lipinski definition) is 0. The summed E-state index contributed by atoms with van der Waals surface area (Å²) in [5.41, 5.74) is 1.29. The maximum Gasteiger partial charge on any atom is 0.0286 e. The van der Waals surface area contributed by atoms with Gasteiger partial charge in [0.05, 0.1) is 0 Å². The molecule has 1 aromatic rings. The Morgan fingerprint density at radius 1 is 1.50 bits per heavy atom. The molecule has 0 fully saturated rings. The van der Waals surface area contributed by atoms with Gasteiger partial charge in [-0.05, 0) is 46.1 Å². The Morgan fingerprint density at radius 2 is 2.20 bits per heavy atom. The van der Waals surface area contributed by atoms with Crippen LogP contribution >= 0.6 is 31.9 Å². The molecule has 0 heterocycles. The van der Waals surface area contributed by atoms with Crippen LogP contribution in [0.5, 0.6) is 0 Å². The van der Waals surface area contributed by atoms with Gasteiger partial charge in [0.15, 0.2) is 0 Å². The summed E-state index contributed by atoms with van der Waals surface area (Å²) in [6.45, 7) is 2.13. The topological polar surface area (TPSA) is 0 Å². The van der Waals surface area contributed by atoms with Crippen molar-refractivity contribution < 1.29 is 0 Å². The van der Waals surface area contributed by atoms with Crippen molar-refractivity contribution in [1.82, 2.24) is 0 Å². The fourth-order valence-corrected chi connectivity index (χ4v) is 1.65. The molecule has 0 aliphatic heterocycles. The van der Waals surface area contributed by atoms with E-state index in [1.807, 2.05) is 6.07 Å². The van der Waals surface area contributed by atoms with Gasteiger partial charge >= 0.3 is 0 Å². The van der Waals surface area contributed by atoms with E-state index in [0.717, 1.165) is 15.4 Å². The SMILES string of the molecule is CCc1cc(Br)c[c]c1Br. The third kappa shape index (κ3) is 1.83. The van der Waals surface area contributed by atoms with Crippen molar-refractivity contribution in [2.45, 2.75) is 13.3 Å². The highest BCUT2D eigenvalue weighted by molar-refractivity contribution is 9.11. The van der Waals surface area contributed by atoms with Gasteiger partial charge in [-0.15, -0.1) is 0 Å². The molecule has 0 bridgehead atoms. The minimum Gasteiger partial charge on any atom is -0.0613 e. The second-order valence-electron chi connectivity index (χ2n) is 2.01.